The van der Waals surface area contributed by atoms with E-state index >= 15 is 0 Å². The summed E-state index contributed by atoms with van der Waals surface area (Å²) in [6, 6.07) is 15.5. The van der Waals surface area contributed by atoms with Gasteiger partial charge in [-0.2, -0.15) is 0 Å². The lowest BCUT2D eigenvalue weighted by Crippen LogP contribution is -2.51. The van der Waals surface area contributed by atoms with Crippen molar-refractivity contribution in [2.24, 2.45) is 0 Å². The van der Waals surface area contributed by atoms with Crippen LogP contribution in [0.25, 0.3) is 0 Å². The molecule has 6 heteroatoms. The lowest BCUT2D eigenvalue weighted by Gasteiger charge is -2.31. The van der Waals surface area contributed by atoms with E-state index in [1.807, 2.05) is 51.1 Å². The highest BCUT2D eigenvalue weighted by Gasteiger charge is 2.29. The molecular weight excluding hydrogens is 420 g/mol. The van der Waals surface area contributed by atoms with Gasteiger partial charge in [0, 0.05) is 18.3 Å². The molecule has 1 N–H and O–H groups in total. The lowest BCUT2D eigenvalue weighted by atomic mass is 10.1. The van der Waals surface area contributed by atoms with Crippen molar-refractivity contribution < 1.29 is 14.3 Å². The van der Waals surface area contributed by atoms with Gasteiger partial charge < -0.3 is 15.0 Å². The number of nitrogens with one attached hydrogen (secondary N) is 1. The van der Waals surface area contributed by atoms with E-state index in [0.29, 0.717) is 18.7 Å². The van der Waals surface area contributed by atoms with Gasteiger partial charge in [-0.05, 0) is 49.9 Å². The highest BCUT2D eigenvalue weighted by atomic mass is 32.2. The minimum absolute atomic E-state index is 0.0235. The van der Waals surface area contributed by atoms with Gasteiger partial charge in [0.1, 0.15) is 11.8 Å². The van der Waals surface area contributed by atoms with E-state index in [0.717, 1.165) is 23.5 Å². The van der Waals surface area contributed by atoms with Crippen LogP contribution in [0, 0.1) is 6.92 Å². The number of thioether (sulfide) groups is 1. The van der Waals surface area contributed by atoms with Gasteiger partial charge in [-0.3, -0.25) is 9.59 Å². The van der Waals surface area contributed by atoms with E-state index < -0.39 is 6.04 Å². The van der Waals surface area contributed by atoms with Crippen LogP contribution in [-0.2, 0) is 21.9 Å². The Morgan fingerprint density at radius 2 is 1.78 bits per heavy atom. The number of hydrogen-bond acceptors (Lipinski definition) is 4. The van der Waals surface area contributed by atoms with Gasteiger partial charge in [0.15, 0.2) is 0 Å². The minimum Gasteiger partial charge on any atom is -0.497 e. The largest absolute Gasteiger partial charge is 0.497 e. The first-order valence-electron chi connectivity index (χ1n) is 11.2. The number of carbonyl (C=O) groups is 2. The van der Waals surface area contributed by atoms with Gasteiger partial charge in [-0.15, -0.1) is 11.8 Å². The Hall–Kier alpha value is -2.47. The van der Waals surface area contributed by atoms with Gasteiger partial charge in [-0.25, -0.2) is 0 Å². The number of rotatable bonds is 12. The second-order valence-electron chi connectivity index (χ2n) is 8.09. The number of hydrogen-bond donors (Lipinski definition) is 1. The Morgan fingerprint density at radius 3 is 2.38 bits per heavy atom. The molecule has 5 nitrogen and oxygen atoms in total. The first kappa shape index (κ1) is 25.8. The average molecular weight is 457 g/mol. The molecule has 2 atom stereocenters. The van der Waals surface area contributed by atoms with Crippen LogP contribution in [0.5, 0.6) is 5.75 Å². The van der Waals surface area contributed by atoms with Crippen molar-refractivity contribution in [2.75, 3.05) is 12.9 Å². The molecule has 2 aromatic carbocycles. The number of nitrogens with zero attached hydrogens (tertiary/aromatic N) is 1. The summed E-state index contributed by atoms with van der Waals surface area (Å²) < 4.78 is 5.24. The summed E-state index contributed by atoms with van der Waals surface area (Å²) in [6.45, 7) is 8.43. The maximum absolute atomic E-state index is 13.3. The van der Waals surface area contributed by atoms with Crippen LogP contribution in [0.1, 0.15) is 50.3 Å². The Labute approximate surface area is 196 Å². The van der Waals surface area contributed by atoms with Crippen molar-refractivity contribution in [1.29, 1.82) is 0 Å². The van der Waals surface area contributed by atoms with Crippen LogP contribution in [-0.4, -0.2) is 41.7 Å². The molecule has 32 heavy (non-hydrogen) atoms. The molecule has 0 aliphatic carbocycles. The predicted molar refractivity (Wildman–Crippen MR) is 133 cm³/mol. The molecule has 2 rings (SSSR count). The third-order valence-corrected chi connectivity index (χ3v) is 6.46. The molecule has 0 aromatic heterocycles. The van der Waals surface area contributed by atoms with Crippen LogP contribution >= 0.6 is 11.8 Å². The van der Waals surface area contributed by atoms with Crippen molar-refractivity contribution in [3.63, 3.8) is 0 Å². The Balaban J connectivity index is 2.14. The molecule has 0 heterocycles. The van der Waals surface area contributed by atoms with Gasteiger partial charge in [0.25, 0.3) is 0 Å². The molecule has 0 aliphatic heterocycles. The molecule has 0 bridgehead atoms. The first-order chi connectivity index (χ1) is 15.4. The van der Waals surface area contributed by atoms with Crippen LogP contribution in [0.4, 0.5) is 0 Å². The van der Waals surface area contributed by atoms with E-state index in [4.69, 9.17) is 4.74 Å². The molecule has 0 spiro atoms. The van der Waals surface area contributed by atoms with E-state index in [2.05, 4.69) is 30.4 Å². The maximum Gasteiger partial charge on any atom is 0.243 e. The van der Waals surface area contributed by atoms with Crippen molar-refractivity contribution >= 4 is 23.6 Å². The Bertz CT molecular complexity index is 870. The summed E-state index contributed by atoms with van der Waals surface area (Å²) in [6.07, 6.45) is 1.41. The zero-order valence-electron chi connectivity index (χ0n) is 19.9. The molecule has 0 radical (unpaired) electrons. The summed E-state index contributed by atoms with van der Waals surface area (Å²) >= 11 is 1.58. The van der Waals surface area contributed by atoms with E-state index in [1.165, 1.54) is 11.1 Å². The van der Waals surface area contributed by atoms with Crippen molar-refractivity contribution in [3.05, 3.63) is 65.2 Å². The number of amides is 2. The zero-order valence-corrected chi connectivity index (χ0v) is 20.7. The second kappa shape index (κ2) is 13.2. The average Bonchev–Trinajstić information content (AvgIpc) is 2.79. The van der Waals surface area contributed by atoms with Crippen LogP contribution < -0.4 is 10.1 Å². The molecule has 0 saturated heterocycles. The molecule has 0 fully saturated rings. The van der Waals surface area contributed by atoms with E-state index in [9.17, 15) is 9.59 Å². The predicted octanol–water partition coefficient (Wildman–Crippen LogP) is 4.96. The van der Waals surface area contributed by atoms with Crippen molar-refractivity contribution in [2.45, 2.75) is 64.9 Å². The number of carbonyl (C=O) groups excluding carboxylic acids is 2. The van der Waals surface area contributed by atoms with Crippen molar-refractivity contribution in [3.8, 4) is 5.75 Å². The minimum atomic E-state index is -0.502. The fourth-order valence-electron chi connectivity index (χ4n) is 3.43. The van der Waals surface area contributed by atoms with Crippen LogP contribution in [0.2, 0.25) is 0 Å². The Morgan fingerprint density at radius 1 is 1.06 bits per heavy atom. The fourth-order valence-corrected chi connectivity index (χ4v) is 4.29. The summed E-state index contributed by atoms with van der Waals surface area (Å²) in [5.41, 5.74) is 3.38. The standard InChI is InChI=1S/C26H36N2O3S/c1-6-20(4)27-26(30)24(7-2)28(16-21-11-13-23(31-5)14-12-21)25(29)18-32-17-22-10-8-9-19(3)15-22/h8-15,20,24H,6-7,16-18H2,1-5H3,(H,27,30)/t20-,24+/m0/s1. The molecule has 0 aliphatic rings. The molecule has 2 aromatic rings. The molecular formula is C26H36N2O3S. The topological polar surface area (TPSA) is 58.6 Å². The van der Waals surface area contributed by atoms with Crippen LogP contribution in [0.3, 0.4) is 0 Å². The van der Waals surface area contributed by atoms with Gasteiger partial charge in [0.05, 0.1) is 12.9 Å². The Kier molecular flexibility index (Phi) is 10.6. The smallest absolute Gasteiger partial charge is 0.243 e. The molecule has 174 valence electrons. The van der Waals surface area contributed by atoms with Crippen LogP contribution in [0.15, 0.2) is 48.5 Å². The summed E-state index contributed by atoms with van der Waals surface area (Å²) in [5, 5.41) is 3.05. The van der Waals surface area contributed by atoms with E-state index in [-0.39, 0.29) is 17.9 Å². The normalized spacial score (nSPS) is 12.7. The third kappa shape index (κ3) is 7.90. The van der Waals surface area contributed by atoms with Crippen molar-refractivity contribution in [1.82, 2.24) is 10.2 Å². The number of ether oxygens (including phenoxy) is 1. The lowest BCUT2D eigenvalue weighted by molar-refractivity contribution is -0.139. The SMILES string of the molecule is CC[C@H](C(=O)N[C@@H](C)CC)N(Cc1ccc(OC)cc1)C(=O)CSCc1cccc(C)c1. The van der Waals surface area contributed by atoms with Gasteiger partial charge in [0.2, 0.25) is 11.8 Å². The molecule has 0 unspecified atom stereocenters. The fraction of sp³-hybridized carbons (Fsp3) is 0.462. The molecule has 0 saturated carbocycles. The van der Waals surface area contributed by atoms with Gasteiger partial charge >= 0.3 is 0 Å². The molecule has 2 amide bonds. The monoisotopic (exact) mass is 456 g/mol. The summed E-state index contributed by atoms with van der Waals surface area (Å²) in [5.74, 6) is 1.75. The third-order valence-electron chi connectivity index (χ3n) is 5.48. The second-order valence-corrected chi connectivity index (χ2v) is 9.08. The summed E-state index contributed by atoms with van der Waals surface area (Å²) in [7, 11) is 1.63. The maximum atomic E-state index is 13.3. The first-order valence-corrected chi connectivity index (χ1v) is 12.4. The highest BCUT2D eigenvalue weighted by Crippen LogP contribution is 2.19. The zero-order chi connectivity index (χ0) is 23.5. The number of methoxy groups -OCH3 is 1. The van der Waals surface area contributed by atoms with Gasteiger partial charge in [-0.1, -0.05) is 55.8 Å². The van der Waals surface area contributed by atoms with E-state index in [1.54, 1.807) is 23.8 Å². The number of benzene rings is 2. The summed E-state index contributed by atoms with van der Waals surface area (Å²) in [4.78, 5) is 28.0. The quantitative estimate of drug-likeness (QED) is 0.490. The highest BCUT2D eigenvalue weighted by molar-refractivity contribution is 7.99. The number of aryl methyl sites for hydroxylation is 1.